The Morgan fingerprint density at radius 3 is 2.80 bits per heavy atom. The van der Waals surface area contributed by atoms with Crippen LogP contribution >= 0.6 is 11.3 Å². The van der Waals surface area contributed by atoms with E-state index in [2.05, 4.69) is 28.2 Å². The molecule has 1 aliphatic carbocycles. The molecule has 0 radical (unpaired) electrons. The molecule has 25 heavy (non-hydrogen) atoms. The molecule has 4 aromatic rings. The van der Waals surface area contributed by atoms with Crippen LogP contribution < -0.4 is 0 Å². The average molecular weight is 347 g/mol. The third kappa shape index (κ3) is 2.56. The molecule has 1 aliphatic rings. The first-order valence-corrected chi connectivity index (χ1v) is 9.32. The molecule has 0 unspecified atom stereocenters. The summed E-state index contributed by atoms with van der Waals surface area (Å²) in [7, 11) is 0. The van der Waals surface area contributed by atoms with Crippen LogP contribution in [0.15, 0.2) is 60.5 Å². The second kappa shape index (κ2) is 5.79. The molecule has 5 heteroatoms. The van der Waals surface area contributed by atoms with Crippen molar-refractivity contribution in [3.8, 4) is 10.4 Å². The highest BCUT2D eigenvalue weighted by molar-refractivity contribution is 7.13. The van der Waals surface area contributed by atoms with Gasteiger partial charge >= 0.3 is 0 Å². The minimum atomic E-state index is -0.699. The van der Waals surface area contributed by atoms with Crippen molar-refractivity contribution in [3.63, 3.8) is 0 Å². The van der Waals surface area contributed by atoms with Gasteiger partial charge < -0.3 is 5.11 Å². The van der Waals surface area contributed by atoms with Crippen LogP contribution in [-0.4, -0.2) is 19.5 Å². The predicted octanol–water partition coefficient (Wildman–Crippen LogP) is 4.42. The molecule has 0 aliphatic heterocycles. The summed E-state index contributed by atoms with van der Waals surface area (Å²) in [5.74, 6) is 0.462. The molecule has 3 aromatic heterocycles. The fourth-order valence-electron chi connectivity index (χ4n) is 3.28. The first kappa shape index (κ1) is 14.8. The quantitative estimate of drug-likeness (QED) is 0.595. The van der Waals surface area contributed by atoms with E-state index in [4.69, 9.17) is 0 Å². The normalized spacial score (nSPS) is 15.6. The first-order chi connectivity index (χ1) is 12.3. The van der Waals surface area contributed by atoms with Crippen LogP contribution in [0.25, 0.3) is 16.0 Å². The Hall–Kier alpha value is -2.50. The van der Waals surface area contributed by atoms with Crippen molar-refractivity contribution in [2.45, 2.75) is 24.9 Å². The average Bonchev–Trinajstić information content (AvgIpc) is 3.19. The maximum Gasteiger partial charge on any atom is 0.122 e. The molecule has 3 heterocycles. The number of hydrogen-bond donors (Lipinski definition) is 1. The molecule has 0 saturated heterocycles. The Morgan fingerprint density at radius 1 is 1.16 bits per heavy atom. The van der Waals surface area contributed by atoms with E-state index in [1.54, 1.807) is 23.9 Å². The highest BCUT2D eigenvalue weighted by Crippen LogP contribution is 2.43. The number of aromatic nitrogens is 3. The fraction of sp³-hybridized carbons (Fsp3) is 0.200. The van der Waals surface area contributed by atoms with Gasteiger partial charge in [0.05, 0.1) is 35.6 Å². The minimum Gasteiger partial charge on any atom is -0.382 e. The summed E-state index contributed by atoms with van der Waals surface area (Å²) in [6.07, 6.45) is 6.99. The van der Waals surface area contributed by atoms with Gasteiger partial charge in [-0.25, -0.2) is 4.98 Å². The van der Waals surface area contributed by atoms with Crippen molar-refractivity contribution in [1.29, 1.82) is 0 Å². The van der Waals surface area contributed by atoms with Crippen LogP contribution in [0.1, 0.15) is 41.8 Å². The molecule has 1 atom stereocenters. The molecule has 5 rings (SSSR count). The number of rotatable bonds is 4. The van der Waals surface area contributed by atoms with Crippen LogP contribution in [0, 0.1) is 0 Å². The smallest absolute Gasteiger partial charge is 0.122 e. The summed E-state index contributed by atoms with van der Waals surface area (Å²) >= 11 is 1.66. The number of aliphatic hydroxyl groups is 1. The number of imidazole rings is 1. The van der Waals surface area contributed by atoms with Crippen molar-refractivity contribution in [1.82, 2.24) is 14.4 Å². The Labute approximate surface area is 149 Å². The number of nitrogens with zero attached hydrogens (tertiary/aromatic N) is 3. The van der Waals surface area contributed by atoms with E-state index in [9.17, 15) is 5.11 Å². The standard InChI is InChI=1S/C20H17N3OS/c24-20(15-8-17(25-11-15)13-4-2-1-3-5-13)19-18(14-6-7-14)22-10-16-9-21-12-23(16)19/h1-5,8-12,14,20,24H,6-7H2/t20-/m1/s1. The van der Waals surface area contributed by atoms with Gasteiger partial charge in [0.25, 0.3) is 0 Å². The largest absolute Gasteiger partial charge is 0.382 e. The Morgan fingerprint density at radius 2 is 2.00 bits per heavy atom. The van der Waals surface area contributed by atoms with Crippen LogP contribution in [0.4, 0.5) is 0 Å². The fourth-order valence-corrected chi connectivity index (χ4v) is 4.21. The lowest BCUT2D eigenvalue weighted by molar-refractivity contribution is 0.212. The third-order valence-electron chi connectivity index (χ3n) is 4.74. The topological polar surface area (TPSA) is 50.4 Å². The van der Waals surface area contributed by atoms with Gasteiger partial charge in [-0.05, 0) is 35.4 Å². The zero-order valence-electron chi connectivity index (χ0n) is 13.5. The van der Waals surface area contributed by atoms with E-state index in [-0.39, 0.29) is 0 Å². The van der Waals surface area contributed by atoms with Crippen molar-refractivity contribution >= 4 is 16.9 Å². The van der Waals surface area contributed by atoms with Crippen molar-refractivity contribution in [2.24, 2.45) is 0 Å². The predicted molar refractivity (Wildman–Crippen MR) is 98.8 cm³/mol. The second-order valence-corrected chi connectivity index (χ2v) is 7.42. The minimum absolute atomic E-state index is 0.462. The van der Waals surface area contributed by atoms with Gasteiger partial charge in [0.1, 0.15) is 6.10 Å². The molecule has 0 amide bonds. The third-order valence-corrected chi connectivity index (χ3v) is 5.74. The van der Waals surface area contributed by atoms with Gasteiger partial charge in [-0.3, -0.25) is 9.38 Å². The Kier molecular flexibility index (Phi) is 3.43. The number of thiophene rings is 1. The lowest BCUT2D eigenvalue weighted by Gasteiger charge is -2.16. The van der Waals surface area contributed by atoms with Gasteiger partial charge in [-0.1, -0.05) is 30.3 Å². The summed E-state index contributed by atoms with van der Waals surface area (Å²) in [5.41, 5.74) is 4.86. The maximum absolute atomic E-state index is 11.1. The van der Waals surface area contributed by atoms with Gasteiger partial charge in [0.15, 0.2) is 0 Å². The van der Waals surface area contributed by atoms with Crippen LogP contribution in [0.3, 0.4) is 0 Å². The van der Waals surface area contributed by atoms with Crippen LogP contribution in [-0.2, 0) is 0 Å². The molecule has 1 aromatic carbocycles. The van der Waals surface area contributed by atoms with Crippen molar-refractivity contribution in [3.05, 3.63) is 77.5 Å². The molecule has 4 nitrogen and oxygen atoms in total. The monoisotopic (exact) mass is 347 g/mol. The van der Waals surface area contributed by atoms with Crippen LogP contribution in [0.5, 0.6) is 0 Å². The zero-order valence-corrected chi connectivity index (χ0v) is 14.4. The molecule has 1 fully saturated rings. The molecular formula is C20H17N3OS. The zero-order chi connectivity index (χ0) is 16.8. The number of aliphatic hydroxyl groups excluding tert-OH is 1. The van der Waals surface area contributed by atoms with Crippen LogP contribution in [0.2, 0.25) is 0 Å². The molecule has 1 N–H and O–H groups in total. The van der Waals surface area contributed by atoms with E-state index in [0.717, 1.165) is 40.2 Å². The van der Waals surface area contributed by atoms with Gasteiger partial charge in [-0.2, -0.15) is 0 Å². The van der Waals surface area contributed by atoms with E-state index < -0.39 is 6.10 Å². The Bertz CT molecular complexity index is 1030. The van der Waals surface area contributed by atoms with Gasteiger partial charge in [-0.15, -0.1) is 11.3 Å². The summed E-state index contributed by atoms with van der Waals surface area (Å²) in [5, 5.41) is 13.2. The Balaban J connectivity index is 1.60. The first-order valence-electron chi connectivity index (χ1n) is 8.44. The summed E-state index contributed by atoms with van der Waals surface area (Å²) in [6, 6.07) is 12.3. The van der Waals surface area contributed by atoms with E-state index in [1.165, 1.54) is 5.56 Å². The van der Waals surface area contributed by atoms with E-state index >= 15 is 0 Å². The van der Waals surface area contributed by atoms with Crippen molar-refractivity contribution in [2.75, 3.05) is 0 Å². The number of benzene rings is 1. The van der Waals surface area contributed by atoms with E-state index in [1.807, 2.05) is 34.2 Å². The molecule has 0 spiro atoms. The highest BCUT2D eigenvalue weighted by atomic mass is 32.1. The summed E-state index contributed by atoms with van der Waals surface area (Å²) in [6.45, 7) is 0. The summed E-state index contributed by atoms with van der Waals surface area (Å²) < 4.78 is 1.98. The SMILES string of the molecule is O[C@H](c1csc(-c2ccccc2)c1)c1c(C2CC2)ncc2cncn12. The second-order valence-electron chi connectivity index (χ2n) is 6.50. The van der Waals surface area contributed by atoms with Crippen molar-refractivity contribution < 1.29 is 5.11 Å². The lowest BCUT2D eigenvalue weighted by Crippen LogP contribution is -2.10. The highest BCUT2D eigenvalue weighted by Gasteiger charge is 2.32. The molecule has 1 saturated carbocycles. The summed E-state index contributed by atoms with van der Waals surface area (Å²) in [4.78, 5) is 10.0. The van der Waals surface area contributed by atoms with E-state index in [0.29, 0.717) is 5.92 Å². The molecule has 124 valence electrons. The lowest BCUT2D eigenvalue weighted by atomic mass is 10.0. The number of fused-ring (bicyclic) bond motifs is 1. The maximum atomic E-state index is 11.1. The van der Waals surface area contributed by atoms with Gasteiger partial charge in [0.2, 0.25) is 0 Å². The number of hydrogen-bond acceptors (Lipinski definition) is 4. The van der Waals surface area contributed by atoms with Gasteiger partial charge in [0, 0.05) is 10.8 Å². The molecule has 0 bridgehead atoms. The molecular weight excluding hydrogens is 330 g/mol.